The monoisotopic (exact) mass is 848 g/mol. The Labute approximate surface area is 376 Å². The lowest BCUT2D eigenvalue weighted by Crippen LogP contribution is -2.74. The highest BCUT2D eigenvalue weighted by Crippen LogP contribution is 2.42. The standard InChI is InChI=1S/C60H40N2SSi/c1-4-17-44(18-5-1)64(45-19-6-2-7-20-45,46-21-8-3-9-22-46)47-37-35-43(36-38-47)62-56-29-14-11-24-50(56)54-39-53-49-23-10-13-28-55(49)61(57(53)40-58(54)62)42-33-31-41(32-34-42)48-26-16-27-52-51-25-12-15-30-59(51)63-60(48)52/h1-40H. The van der Waals surface area contributed by atoms with E-state index in [-0.39, 0.29) is 0 Å². The number of aromatic nitrogens is 2. The number of fused-ring (bicyclic) bond motifs is 9. The molecule has 3 aromatic heterocycles. The van der Waals surface area contributed by atoms with E-state index in [1.54, 1.807) is 0 Å². The van der Waals surface area contributed by atoms with Crippen molar-refractivity contribution >= 4 is 104 Å². The normalized spacial score (nSPS) is 12.1. The van der Waals surface area contributed by atoms with Gasteiger partial charge < -0.3 is 9.13 Å². The van der Waals surface area contributed by atoms with Crippen LogP contribution in [0.3, 0.4) is 0 Å². The first-order valence-electron chi connectivity index (χ1n) is 22.0. The molecule has 300 valence electrons. The highest BCUT2D eigenvalue weighted by atomic mass is 32.1. The maximum absolute atomic E-state index is 2.67. The van der Waals surface area contributed by atoms with Crippen molar-refractivity contribution in [1.29, 1.82) is 0 Å². The molecule has 0 saturated carbocycles. The van der Waals surface area contributed by atoms with Crippen molar-refractivity contribution in [3.05, 3.63) is 243 Å². The number of para-hydroxylation sites is 2. The molecule has 0 amide bonds. The molecule has 0 fully saturated rings. The minimum Gasteiger partial charge on any atom is -0.309 e. The first-order valence-corrected chi connectivity index (χ1v) is 24.8. The van der Waals surface area contributed by atoms with Crippen LogP contribution < -0.4 is 20.7 Å². The molecule has 13 rings (SSSR count). The van der Waals surface area contributed by atoms with Gasteiger partial charge in [-0.15, -0.1) is 11.3 Å². The van der Waals surface area contributed by atoms with E-state index in [0.717, 1.165) is 11.4 Å². The summed E-state index contributed by atoms with van der Waals surface area (Å²) in [4.78, 5) is 0. The van der Waals surface area contributed by atoms with Crippen molar-refractivity contribution in [3.8, 4) is 22.5 Å². The van der Waals surface area contributed by atoms with Crippen LogP contribution in [0, 0.1) is 0 Å². The fourth-order valence-corrected chi connectivity index (χ4v) is 16.7. The summed E-state index contributed by atoms with van der Waals surface area (Å²) in [6.07, 6.45) is 0. The first-order chi connectivity index (χ1) is 31.8. The zero-order chi connectivity index (χ0) is 42.2. The smallest absolute Gasteiger partial charge is 0.179 e. The van der Waals surface area contributed by atoms with Gasteiger partial charge in [0.05, 0.1) is 22.1 Å². The predicted octanol–water partition coefficient (Wildman–Crippen LogP) is 13.3. The van der Waals surface area contributed by atoms with E-state index in [9.17, 15) is 0 Å². The van der Waals surface area contributed by atoms with Crippen molar-refractivity contribution in [3.63, 3.8) is 0 Å². The summed E-state index contributed by atoms with van der Waals surface area (Å²) in [5, 5.41) is 13.1. The van der Waals surface area contributed by atoms with E-state index < -0.39 is 8.07 Å². The third-order valence-electron chi connectivity index (χ3n) is 13.5. The second-order valence-electron chi connectivity index (χ2n) is 16.8. The van der Waals surface area contributed by atoms with Gasteiger partial charge in [0.1, 0.15) is 0 Å². The predicted molar refractivity (Wildman–Crippen MR) is 277 cm³/mol. The van der Waals surface area contributed by atoms with Crippen LogP contribution in [0.5, 0.6) is 0 Å². The zero-order valence-corrected chi connectivity index (χ0v) is 36.7. The van der Waals surface area contributed by atoms with Crippen LogP contribution in [0.25, 0.3) is 86.3 Å². The van der Waals surface area contributed by atoms with E-state index in [4.69, 9.17) is 0 Å². The largest absolute Gasteiger partial charge is 0.309 e. The second kappa shape index (κ2) is 14.7. The van der Waals surface area contributed by atoms with Crippen molar-refractivity contribution in [2.75, 3.05) is 0 Å². The topological polar surface area (TPSA) is 9.86 Å². The van der Waals surface area contributed by atoms with Gasteiger partial charge in [0.2, 0.25) is 0 Å². The molecule has 0 atom stereocenters. The summed E-state index contributed by atoms with van der Waals surface area (Å²) in [5.41, 5.74) is 9.59. The van der Waals surface area contributed by atoms with Gasteiger partial charge in [0.15, 0.2) is 8.07 Å². The van der Waals surface area contributed by atoms with Gasteiger partial charge in [-0.25, -0.2) is 0 Å². The molecule has 0 saturated heterocycles. The molecular formula is C60H40N2SSi. The Morgan fingerprint density at radius 2 is 0.734 bits per heavy atom. The van der Waals surface area contributed by atoms with Crippen LogP contribution in [-0.2, 0) is 0 Å². The summed E-state index contributed by atoms with van der Waals surface area (Å²) >= 11 is 1.88. The molecule has 0 aliphatic heterocycles. The maximum Gasteiger partial charge on any atom is 0.179 e. The van der Waals surface area contributed by atoms with Crippen LogP contribution in [-0.4, -0.2) is 17.2 Å². The fraction of sp³-hybridized carbons (Fsp3) is 0. The lowest BCUT2D eigenvalue weighted by atomic mass is 10.0. The van der Waals surface area contributed by atoms with Gasteiger partial charge in [0.25, 0.3) is 0 Å². The van der Waals surface area contributed by atoms with Crippen LogP contribution in [0.4, 0.5) is 0 Å². The van der Waals surface area contributed by atoms with Gasteiger partial charge in [-0.05, 0) is 86.5 Å². The van der Waals surface area contributed by atoms with Gasteiger partial charge in [-0.2, -0.15) is 0 Å². The molecule has 10 aromatic carbocycles. The summed E-state index contributed by atoms with van der Waals surface area (Å²) in [6.45, 7) is 0. The summed E-state index contributed by atoms with van der Waals surface area (Å²) < 4.78 is 7.60. The van der Waals surface area contributed by atoms with Gasteiger partial charge >= 0.3 is 0 Å². The fourth-order valence-electron chi connectivity index (χ4n) is 10.7. The van der Waals surface area contributed by atoms with E-state index >= 15 is 0 Å². The van der Waals surface area contributed by atoms with E-state index in [0.29, 0.717) is 0 Å². The number of hydrogen-bond acceptors (Lipinski definition) is 1. The second-order valence-corrected chi connectivity index (χ2v) is 21.7. The third-order valence-corrected chi connectivity index (χ3v) is 19.5. The highest BCUT2D eigenvalue weighted by molar-refractivity contribution is 7.26. The molecule has 2 nitrogen and oxygen atoms in total. The lowest BCUT2D eigenvalue weighted by molar-refractivity contribution is 1.17. The van der Waals surface area contributed by atoms with Crippen LogP contribution in [0.2, 0.25) is 0 Å². The van der Waals surface area contributed by atoms with Crippen molar-refractivity contribution in [2.24, 2.45) is 0 Å². The number of nitrogens with zero attached hydrogens (tertiary/aromatic N) is 2. The number of rotatable bonds is 7. The minimum atomic E-state index is -2.67. The quantitative estimate of drug-likeness (QED) is 0.112. The lowest BCUT2D eigenvalue weighted by Gasteiger charge is -2.34. The Kier molecular flexibility index (Phi) is 8.45. The molecule has 13 aromatic rings. The SMILES string of the molecule is c1ccc([Si](c2ccccc2)(c2ccccc2)c2ccc(-n3c4ccccc4c4cc5c6ccccc6n(-c6ccc(-c7cccc8c7sc7ccccc78)cc6)c5cc43)cc2)cc1. The molecule has 0 aliphatic rings. The summed E-state index contributed by atoms with van der Waals surface area (Å²) in [5.74, 6) is 0. The van der Waals surface area contributed by atoms with Gasteiger partial charge in [-0.1, -0.05) is 188 Å². The van der Waals surface area contributed by atoms with E-state index in [1.165, 1.54) is 95.7 Å². The average molecular weight is 849 g/mol. The van der Waals surface area contributed by atoms with E-state index in [2.05, 4.69) is 252 Å². The van der Waals surface area contributed by atoms with Crippen molar-refractivity contribution in [1.82, 2.24) is 9.13 Å². The Morgan fingerprint density at radius 1 is 0.297 bits per heavy atom. The molecule has 0 unspecified atom stereocenters. The van der Waals surface area contributed by atoms with E-state index in [1.807, 2.05) is 11.3 Å². The maximum atomic E-state index is 2.47. The molecule has 0 aliphatic carbocycles. The highest BCUT2D eigenvalue weighted by Gasteiger charge is 2.41. The van der Waals surface area contributed by atoms with Gasteiger partial charge in [0, 0.05) is 53.1 Å². The molecule has 0 bridgehead atoms. The molecule has 0 spiro atoms. The first kappa shape index (κ1) is 36.9. The molecular weight excluding hydrogens is 809 g/mol. The summed E-state index contributed by atoms with van der Waals surface area (Å²) in [6, 6.07) is 90.3. The van der Waals surface area contributed by atoms with Gasteiger partial charge in [-0.3, -0.25) is 0 Å². The Hall–Kier alpha value is -7.76. The Bertz CT molecular complexity index is 3770. The molecule has 0 radical (unpaired) electrons. The molecule has 0 N–H and O–H groups in total. The van der Waals surface area contributed by atoms with Crippen LogP contribution in [0.15, 0.2) is 243 Å². The molecule has 3 heterocycles. The Morgan fingerprint density at radius 3 is 1.28 bits per heavy atom. The number of hydrogen-bond donors (Lipinski definition) is 0. The van der Waals surface area contributed by atoms with Crippen molar-refractivity contribution < 1.29 is 0 Å². The molecule has 64 heavy (non-hydrogen) atoms. The summed E-state index contributed by atoms with van der Waals surface area (Å²) in [7, 11) is -2.67. The molecule has 4 heteroatoms. The average Bonchev–Trinajstić information content (AvgIpc) is 4.02. The van der Waals surface area contributed by atoms with Crippen molar-refractivity contribution in [2.45, 2.75) is 0 Å². The Balaban J connectivity index is 0.996. The van der Waals surface area contributed by atoms with Crippen LogP contribution in [0.1, 0.15) is 0 Å². The number of thiophene rings is 1. The van der Waals surface area contributed by atoms with Crippen LogP contribution >= 0.6 is 11.3 Å². The minimum absolute atomic E-state index is 1.15. The number of benzene rings is 10. The zero-order valence-electron chi connectivity index (χ0n) is 34.9. The third kappa shape index (κ3) is 5.50.